The number of amides is 1. The van der Waals surface area contributed by atoms with Gasteiger partial charge in [-0.25, -0.2) is 0 Å². The summed E-state index contributed by atoms with van der Waals surface area (Å²) in [5.74, 6) is 0.860. The van der Waals surface area contributed by atoms with Gasteiger partial charge in [0.05, 0.1) is 0 Å². The molecule has 122 valence electrons. The summed E-state index contributed by atoms with van der Waals surface area (Å²) in [6.45, 7) is 2.54. The van der Waals surface area contributed by atoms with Crippen molar-refractivity contribution in [2.75, 3.05) is 18.9 Å². The molecule has 2 rings (SSSR count). The maximum absolute atomic E-state index is 12.2. The topological polar surface area (TPSA) is 62.2 Å². The summed E-state index contributed by atoms with van der Waals surface area (Å²) in [5, 5.41) is 12.4. The fraction of sp³-hybridized carbons (Fsp3) is 0.333. The van der Waals surface area contributed by atoms with Crippen molar-refractivity contribution in [3.8, 4) is 0 Å². The van der Waals surface area contributed by atoms with Gasteiger partial charge in [-0.2, -0.15) is 0 Å². The van der Waals surface area contributed by atoms with Gasteiger partial charge < -0.3 is 10.4 Å². The highest BCUT2D eigenvalue weighted by molar-refractivity contribution is 7.99. The molecule has 0 radical (unpaired) electrons. The van der Waals surface area contributed by atoms with Crippen LogP contribution in [0.15, 0.2) is 53.6 Å². The lowest BCUT2D eigenvalue weighted by Gasteiger charge is -2.14. The van der Waals surface area contributed by atoms with Crippen molar-refractivity contribution >= 4 is 17.7 Å². The van der Waals surface area contributed by atoms with Crippen LogP contribution < -0.4 is 5.32 Å². The molecule has 1 atom stereocenters. The van der Waals surface area contributed by atoms with Crippen LogP contribution in [0.25, 0.3) is 0 Å². The van der Waals surface area contributed by atoms with Crippen molar-refractivity contribution in [1.29, 1.82) is 0 Å². The van der Waals surface area contributed by atoms with Crippen molar-refractivity contribution in [3.05, 3.63) is 59.9 Å². The lowest BCUT2D eigenvalue weighted by molar-refractivity contribution is 0.0939. The van der Waals surface area contributed by atoms with Crippen molar-refractivity contribution in [1.82, 2.24) is 10.3 Å². The van der Waals surface area contributed by atoms with Crippen LogP contribution in [0.5, 0.6) is 0 Å². The van der Waals surface area contributed by atoms with Crippen molar-refractivity contribution in [2.24, 2.45) is 5.92 Å². The predicted octanol–water partition coefficient (Wildman–Crippen LogP) is 2.77. The van der Waals surface area contributed by atoms with E-state index >= 15 is 0 Å². The second kappa shape index (κ2) is 9.33. The molecule has 1 aromatic heterocycles. The molecule has 2 aromatic rings. The average molecular weight is 330 g/mol. The molecule has 0 saturated carbocycles. The number of benzene rings is 1. The number of carbonyl (C=O) groups excluding carboxylic acids is 1. The highest BCUT2D eigenvalue weighted by atomic mass is 32.2. The molecule has 0 fully saturated rings. The van der Waals surface area contributed by atoms with E-state index in [-0.39, 0.29) is 18.4 Å². The summed E-state index contributed by atoms with van der Waals surface area (Å²) in [6, 6.07) is 13.3. The van der Waals surface area contributed by atoms with Gasteiger partial charge >= 0.3 is 0 Å². The van der Waals surface area contributed by atoms with E-state index in [2.05, 4.69) is 17.2 Å². The number of carbonyl (C=O) groups is 1. The lowest BCUT2D eigenvalue weighted by atomic mass is 10.0. The standard InChI is InChI=1S/C18H22N2O2S/c1-2-23-17-8-6-15(7-9-17)18(22)20-12-14(13-21)11-16-5-3-4-10-19-16/h3-10,14,21H,2,11-13H2,1H3,(H,20,22). The van der Waals surface area contributed by atoms with E-state index < -0.39 is 0 Å². The Balaban J connectivity index is 1.86. The third-order valence-electron chi connectivity index (χ3n) is 3.46. The molecule has 0 saturated heterocycles. The smallest absolute Gasteiger partial charge is 0.251 e. The van der Waals surface area contributed by atoms with Crippen LogP contribution in [0.1, 0.15) is 23.0 Å². The molecule has 0 bridgehead atoms. The van der Waals surface area contributed by atoms with Gasteiger partial charge in [-0.1, -0.05) is 13.0 Å². The Kier molecular flexibility index (Phi) is 7.10. The first kappa shape index (κ1) is 17.5. The number of hydrogen-bond donors (Lipinski definition) is 2. The number of pyridine rings is 1. The number of aliphatic hydroxyl groups is 1. The molecular formula is C18H22N2O2S. The fourth-order valence-electron chi connectivity index (χ4n) is 2.22. The molecule has 2 N–H and O–H groups in total. The zero-order valence-electron chi connectivity index (χ0n) is 13.2. The number of aliphatic hydroxyl groups excluding tert-OH is 1. The van der Waals surface area contributed by atoms with Crippen LogP contribution >= 0.6 is 11.8 Å². The van der Waals surface area contributed by atoms with E-state index in [1.807, 2.05) is 42.5 Å². The molecule has 1 amide bonds. The van der Waals surface area contributed by atoms with Gasteiger partial charge in [0.2, 0.25) is 0 Å². The summed E-state index contributed by atoms with van der Waals surface area (Å²) >= 11 is 1.75. The number of aromatic nitrogens is 1. The largest absolute Gasteiger partial charge is 0.396 e. The summed E-state index contributed by atoms with van der Waals surface area (Å²) < 4.78 is 0. The summed E-state index contributed by atoms with van der Waals surface area (Å²) in [4.78, 5) is 17.6. The molecule has 0 aliphatic heterocycles. The highest BCUT2D eigenvalue weighted by Gasteiger charge is 2.12. The van der Waals surface area contributed by atoms with Crippen LogP contribution in [-0.4, -0.2) is 34.9 Å². The molecule has 23 heavy (non-hydrogen) atoms. The molecular weight excluding hydrogens is 308 g/mol. The van der Waals surface area contributed by atoms with Gasteiger partial charge in [0.25, 0.3) is 5.91 Å². The number of nitrogens with one attached hydrogen (secondary N) is 1. The van der Waals surface area contributed by atoms with Crippen LogP contribution in [0.3, 0.4) is 0 Å². The van der Waals surface area contributed by atoms with Gasteiger partial charge in [-0.3, -0.25) is 9.78 Å². The summed E-state index contributed by atoms with van der Waals surface area (Å²) in [6.07, 6.45) is 2.38. The van der Waals surface area contributed by atoms with Gasteiger partial charge in [0, 0.05) is 41.4 Å². The first-order valence-electron chi connectivity index (χ1n) is 7.74. The van der Waals surface area contributed by atoms with Crippen molar-refractivity contribution in [2.45, 2.75) is 18.2 Å². The Morgan fingerprint density at radius 3 is 2.65 bits per heavy atom. The van der Waals surface area contributed by atoms with Crippen LogP contribution in [0.2, 0.25) is 0 Å². The lowest BCUT2D eigenvalue weighted by Crippen LogP contribution is -2.32. The number of thioether (sulfide) groups is 1. The van der Waals surface area contributed by atoms with Gasteiger partial charge in [0.15, 0.2) is 0 Å². The van der Waals surface area contributed by atoms with E-state index in [0.29, 0.717) is 18.5 Å². The minimum atomic E-state index is -0.113. The SMILES string of the molecule is CCSc1ccc(C(=O)NCC(CO)Cc2ccccn2)cc1. The Labute approximate surface area is 141 Å². The molecule has 0 aliphatic carbocycles. The molecule has 1 aromatic carbocycles. The molecule has 1 heterocycles. The van der Waals surface area contributed by atoms with Gasteiger partial charge in [0.1, 0.15) is 0 Å². The minimum absolute atomic E-state index is 0.0168. The Morgan fingerprint density at radius 2 is 2.04 bits per heavy atom. The second-order valence-electron chi connectivity index (χ2n) is 5.24. The Hall–Kier alpha value is -1.85. The van der Waals surface area contributed by atoms with E-state index in [0.717, 1.165) is 16.3 Å². The maximum atomic E-state index is 12.2. The van der Waals surface area contributed by atoms with E-state index in [4.69, 9.17) is 0 Å². The fourth-order valence-corrected chi connectivity index (χ4v) is 2.89. The van der Waals surface area contributed by atoms with Crippen LogP contribution in [-0.2, 0) is 6.42 Å². The first-order valence-corrected chi connectivity index (χ1v) is 8.73. The number of nitrogens with zero attached hydrogens (tertiary/aromatic N) is 1. The zero-order chi connectivity index (χ0) is 16.5. The Morgan fingerprint density at radius 1 is 1.26 bits per heavy atom. The normalized spacial score (nSPS) is 11.9. The predicted molar refractivity (Wildman–Crippen MR) is 93.7 cm³/mol. The van der Waals surface area contributed by atoms with Crippen LogP contribution in [0, 0.1) is 5.92 Å². The third kappa shape index (κ3) is 5.69. The van der Waals surface area contributed by atoms with Gasteiger partial charge in [-0.15, -0.1) is 11.8 Å². The highest BCUT2D eigenvalue weighted by Crippen LogP contribution is 2.17. The maximum Gasteiger partial charge on any atom is 0.251 e. The number of rotatable bonds is 8. The zero-order valence-corrected chi connectivity index (χ0v) is 14.1. The molecule has 1 unspecified atom stereocenters. The molecule has 4 nitrogen and oxygen atoms in total. The molecule has 0 spiro atoms. The van der Waals surface area contributed by atoms with E-state index in [1.165, 1.54) is 0 Å². The Bertz CT molecular complexity index is 602. The molecule has 5 heteroatoms. The van der Waals surface area contributed by atoms with E-state index in [1.54, 1.807) is 18.0 Å². The monoisotopic (exact) mass is 330 g/mol. The van der Waals surface area contributed by atoms with Crippen LogP contribution in [0.4, 0.5) is 0 Å². The van der Waals surface area contributed by atoms with Crippen molar-refractivity contribution in [3.63, 3.8) is 0 Å². The quantitative estimate of drug-likeness (QED) is 0.731. The van der Waals surface area contributed by atoms with Gasteiger partial charge in [-0.05, 0) is 48.6 Å². The first-order chi connectivity index (χ1) is 11.2. The second-order valence-corrected chi connectivity index (χ2v) is 6.58. The summed E-state index contributed by atoms with van der Waals surface area (Å²) in [7, 11) is 0. The van der Waals surface area contributed by atoms with E-state index in [9.17, 15) is 9.90 Å². The molecule has 0 aliphatic rings. The van der Waals surface area contributed by atoms with Crippen molar-refractivity contribution < 1.29 is 9.90 Å². The number of hydrogen-bond acceptors (Lipinski definition) is 4. The minimum Gasteiger partial charge on any atom is -0.396 e. The summed E-state index contributed by atoms with van der Waals surface area (Å²) in [5.41, 5.74) is 1.56. The average Bonchev–Trinajstić information content (AvgIpc) is 2.60. The third-order valence-corrected chi connectivity index (χ3v) is 4.36.